The lowest BCUT2D eigenvalue weighted by atomic mass is 10.1. The van der Waals surface area contributed by atoms with Crippen LogP contribution in [-0.2, 0) is 6.42 Å². The molecule has 0 saturated carbocycles. The largest absolute Gasteiger partial charge is 0.573 e. The highest BCUT2D eigenvalue weighted by Crippen LogP contribution is 2.35. The second-order valence-corrected chi connectivity index (χ2v) is 4.86. The van der Waals surface area contributed by atoms with Gasteiger partial charge in [-0.2, -0.15) is 0 Å². The number of rotatable bonds is 3. The maximum atomic E-state index is 12.3. The van der Waals surface area contributed by atoms with E-state index >= 15 is 0 Å². The molecule has 0 radical (unpaired) electrons. The summed E-state index contributed by atoms with van der Waals surface area (Å²) in [6.07, 6.45) is -2.65. The highest BCUT2D eigenvalue weighted by molar-refractivity contribution is 5.78. The summed E-state index contributed by atoms with van der Waals surface area (Å²) in [5.41, 5.74) is 2.24. The second kappa shape index (κ2) is 5.45. The van der Waals surface area contributed by atoms with E-state index in [1.807, 2.05) is 6.92 Å². The van der Waals surface area contributed by atoms with Crippen LogP contribution >= 0.6 is 0 Å². The van der Waals surface area contributed by atoms with Crippen LogP contribution in [0.1, 0.15) is 12.7 Å². The van der Waals surface area contributed by atoms with Gasteiger partial charge >= 0.3 is 6.36 Å². The van der Waals surface area contributed by atoms with Crippen molar-refractivity contribution in [2.75, 3.05) is 0 Å². The van der Waals surface area contributed by atoms with E-state index < -0.39 is 17.9 Å². The Labute approximate surface area is 128 Å². The number of aromatic nitrogens is 3. The molecule has 0 aliphatic carbocycles. The summed E-state index contributed by atoms with van der Waals surface area (Å²) in [5, 5.41) is 9.50. The monoisotopic (exact) mass is 323 g/mol. The number of fused-ring (bicyclic) bond motifs is 1. The summed E-state index contributed by atoms with van der Waals surface area (Å²) >= 11 is 0. The first-order valence-electron chi connectivity index (χ1n) is 6.79. The Bertz CT molecular complexity index is 859. The van der Waals surface area contributed by atoms with Crippen LogP contribution in [-0.4, -0.2) is 26.4 Å². The van der Waals surface area contributed by atoms with Gasteiger partial charge in [-0.25, -0.2) is 9.97 Å². The van der Waals surface area contributed by atoms with Crippen molar-refractivity contribution in [3.05, 3.63) is 36.3 Å². The molecule has 23 heavy (non-hydrogen) atoms. The smallest absolute Gasteiger partial charge is 0.504 e. The van der Waals surface area contributed by atoms with Crippen molar-refractivity contribution in [1.82, 2.24) is 15.0 Å². The van der Waals surface area contributed by atoms with E-state index in [1.54, 1.807) is 6.07 Å². The highest BCUT2D eigenvalue weighted by Gasteiger charge is 2.32. The van der Waals surface area contributed by atoms with Gasteiger partial charge in [0, 0.05) is 18.2 Å². The van der Waals surface area contributed by atoms with Gasteiger partial charge < -0.3 is 14.8 Å². The minimum Gasteiger partial charge on any atom is -0.504 e. The molecule has 0 aliphatic heterocycles. The fourth-order valence-corrected chi connectivity index (χ4v) is 2.18. The average Bonchev–Trinajstić information content (AvgIpc) is 2.90. The molecule has 0 fully saturated rings. The average molecular weight is 323 g/mol. The van der Waals surface area contributed by atoms with Crippen molar-refractivity contribution < 1.29 is 23.0 Å². The summed E-state index contributed by atoms with van der Waals surface area (Å²) in [5.74, 6) is -0.472. The molecule has 0 atom stereocenters. The van der Waals surface area contributed by atoms with Crippen molar-refractivity contribution >= 4 is 11.2 Å². The number of aryl methyl sites for hydroxylation is 1. The topological polar surface area (TPSA) is 71.0 Å². The Morgan fingerprint density at radius 2 is 2.00 bits per heavy atom. The molecule has 2 aromatic heterocycles. The van der Waals surface area contributed by atoms with Crippen LogP contribution in [0.2, 0.25) is 0 Å². The van der Waals surface area contributed by atoms with Gasteiger partial charge in [-0.05, 0) is 23.8 Å². The lowest BCUT2D eigenvalue weighted by Crippen LogP contribution is -2.17. The zero-order chi connectivity index (χ0) is 16.6. The fourth-order valence-electron chi connectivity index (χ4n) is 2.18. The van der Waals surface area contributed by atoms with Gasteiger partial charge in [0.05, 0.1) is 5.52 Å². The van der Waals surface area contributed by atoms with Crippen molar-refractivity contribution in [3.8, 4) is 22.6 Å². The van der Waals surface area contributed by atoms with E-state index in [-0.39, 0.29) is 0 Å². The predicted molar refractivity (Wildman–Crippen MR) is 77.1 cm³/mol. The van der Waals surface area contributed by atoms with E-state index in [2.05, 4.69) is 19.7 Å². The lowest BCUT2D eigenvalue weighted by molar-refractivity contribution is -0.275. The second-order valence-electron chi connectivity index (χ2n) is 4.86. The summed E-state index contributed by atoms with van der Waals surface area (Å²) in [4.78, 5) is 11.5. The zero-order valence-corrected chi connectivity index (χ0v) is 12.0. The molecule has 8 heteroatoms. The van der Waals surface area contributed by atoms with Gasteiger partial charge in [0.15, 0.2) is 17.1 Å². The van der Waals surface area contributed by atoms with Crippen LogP contribution in [0.4, 0.5) is 13.2 Å². The number of hydrogen-bond acceptors (Lipinski definition) is 4. The van der Waals surface area contributed by atoms with E-state index in [4.69, 9.17) is 0 Å². The van der Waals surface area contributed by atoms with Crippen molar-refractivity contribution in [1.29, 1.82) is 0 Å². The van der Waals surface area contributed by atoms with Gasteiger partial charge in [0.25, 0.3) is 0 Å². The Balaban J connectivity index is 2.02. The van der Waals surface area contributed by atoms with Crippen molar-refractivity contribution in [3.63, 3.8) is 0 Å². The summed E-state index contributed by atoms with van der Waals surface area (Å²) in [6, 6.07) is 5.48. The Hall–Kier alpha value is -2.77. The number of nitrogens with zero attached hydrogens (tertiary/aromatic N) is 2. The van der Waals surface area contributed by atoms with Gasteiger partial charge in [-0.1, -0.05) is 13.0 Å². The number of pyridine rings is 1. The number of imidazole rings is 1. The number of halogens is 3. The molecule has 0 amide bonds. The molecule has 120 valence electrons. The first-order chi connectivity index (χ1) is 10.9. The van der Waals surface area contributed by atoms with E-state index in [1.165, 1.54) is 12.3 Å². The Kier molecular flexibility index (Phi) is 3.59. The summed E-state index contributed by atoms with van der Waals surface area (Å²) in [7, 11) is 0. The Morgan fingerprint density at radius 1 is 1.22 bits per heavy atom. The van der Waals surface area contributed by atoms with Gasteiger partial charge in [-0.3, -0.25) is 0 Å². The minimum atomic E-state index is -4.88. The third kappa shape index (κ3) is 3.20. The molecule has 2 N–H and O–H groups in total. The molecule has 2 heterocycles. The standard InChI is InChI=1S/C15H12F3N3O2/c1-2-13-20-10-5-9(7-19-14(10)21-13)8-3-4-11(22)12(6-8)23-15(16,17)18/h3-7,22H,2H2,1H3,(H,19,20,21). The molecular formula is C15H12F3N3O2. The number of aromatic amines is 1. The van der Waals surface area contributed by atoms with Gasteiger partial charge in [0.1, 0.15) is 5.82 Å². The van der Waals surface area contributed by atoms with Crippen LogP contribution in [0.5, 0.6) is 11.5 Å². The number of hydrogen-bond donors (Lipinski definition) is 2. The molecule has 5 nitrogen and oxygen atoms in total. The van der Waals surface area contributed by atoms with E-state index in [9.17, 15) is 18.3 Å². The first-order valence-corrected chi connectivity index (χ1v) is 6.79. The highest BCUT2D eigenvalue weighted by atomic mass is 19.4. The molecular weight excluding hydrogens is 311 g/mol. The summed E-state index contributed by atoms with van der Waals surface area (Å²) in [6.45, 7) is 1.94. The van der Waals surface area contributed by atoms with E-state index in [0.29, 0.717) is 28.7 Å². The number of ether oxygens (including phenoxy) is 1. The maximum Gasteiger partial charge on any atom is 0.573 e. The fraction of sp³-hybridized carbons (Fsp3) is 0.200. The number of benzene rings is 1. The first kappa shape index (κ1) is 15.1. The van der Waals surface area contributed by atoms with Gasteiger partial charge in [0.2, 0.25) is 0 Å². The third-order valence-electron chi connectivity index (χ3n) is 3.24. The lowest BCUT2D eigenvalue weighted by Gasteiger charge is -2.11. The molecule has 0 unspecified atom stereocenters. The molecule has 3 rings (SSSR count). The van der Waals surface area contributed by atoms with Crippen LogP contribution in [0.25, 0.3) is 22.3 Å². The Morgan fingerprint density at radius 3 is 2.70 bits per heavy atom. The maximum absolute atomic E-state index is 12.3. The number of alkyl halides is 3. The normalized spacial score (nSPS) is 11.8. The van der Waals surface area contributed by atoms with Crippen molar-refractivity contribution in [2.45, 2.75) is 19.7 Å². The molecule has 0 spiro atoms. The van der Waals surface area contributed by atoms with Crippen LogP contribution in [0.15, 0.2) is 30.5 Å². The number of H-pyrrole nitrogens is 1. The molecule has 1 aromatic carbocycles. The predicted octanol–water partition coefficient (Wildman–Crippen LogP) is 3.79. The number of phenolic OH excluding ortho intramolecular Hbond substituents is 1. The van der Waals surface area contributed by atoms with Crippen molar-refractivity contribution in [2.24, 2.45) is 0 Å². The zero-order valence-electron chi connectivity index (χ0n) is 12.0. The van der Waals surface area contributed by atoms with Crippen LogP contribution < -0.4 is 4.74 Å². The van der Waals surface area contributed by atoms with E-state index in [0.717, 1.165) is 18.0 Å². The third-order valence-corrected chi connectivity index (χ3v) is 3.24. The van der Waals surface area contributed by atoms with Crippen LogP contribution in [0, 0.1) is 0 Å². The minimum absolute atomic E-state index is 0.434. The number of nitrogens with one attached hydrogen (secondary N) is 1. The molecule has 0 bridgehead atoms. The summed E-state index contributed by atoms with van der Waals surface area (Å²) < 4.78 is 40.9. The molecule has 3 aromatic rings. The van der Waals surface area contributed by atoms with Crippen LogP contribution in [0.3, 0.4) is 0 Å². The SMILES string of the molecule is CCc1nc2ncc(-c3ccc(O)c(OC(F)(F)F)c3)cc2[nH]1. The van der Waals surface area contributed by atoms with Gasteiger partial charge in [-0.15, -0.1) is 13.2 Å². The number of aromatic hydroxyl groups is 1. The molecule has 0 aliphatic rings. The molecule has 0 saturated heterocycles. The quantitative estimate of drug-likeness (QED) is 0.769. The number of phenols is 1.